The van der Waals surface area contributed by atoms with Gasteiger partial charge in [-0.2, -0.15) is 0 Å². The van der Waals surface area contributed by atoms with Crippen molar-refractivity contribution in [2.24, 2.45) is 4.99 Å². The molecule has 0 atom stereocenters. The van der Waals surface area contributed by atoms with Gasteiger partial charge in [0, 0.05) is 41.0 Å². The van der Waals surface area contributed by atoms with Crippen molar-refractivity contribution in [3.05, 3.63) is 66.1 Å². The summed E-state index contributed by atoms with van der Waals surface area (Å²) in [5.41, 5.74) is 5.73. The van der Waals surface area contributed by atoms with E-state index in [1.807, 2.05) is 6.07 Å². The number of ether oxygens (including phenoxy) is 1. The molecule has 1 fully saturated rings. The lowest BCUT2D eigenvalue weighted by atomic mass is 9.81. The molecule has 5 nitrogen and oxygen atoms in total. The third kappa shape index (κ3) is 2.52. The van der Waals surface area contributed by atoms with Crippen LogP contribution in [0, 0.1) is 0 Å². The second-order valence-electron chi connectivity index (χ2n) is 8.51. The number of hydrogen-bond donors (Lipinski definition) is 0. The molecule has 0 bridgehead atoms. The van der Waals surface area contributed by atoms with E-state index < -0.39 is 0 Å². The Labute approximate surface area is 175 Å². The minimum Gasteiger partial charge on any atom is -0.435 e. The molecule has 6 rings (SSSR count). The molecule has 30 heavy (non-hydrogen) atoms. The van der Waals surface area contributed by atoms with Crippen LogP contribution in [-0.2, 0) is 10.2 Å². The van der Waals surface area contributed by atoms with E-state index >= 15 is 0 Å². The minimum atomic E-state index is -0.250. The van der Waals surface area contributed by atoms with Gasteiger partial charge in [-0.05, 0) is 25.5 Å². The molecule has 0 aliphatic carbocycles. The third-order valence-electron chi connectivity index (χ3n) is 6.34. The molecule has 2 aliphatic rings. The van der Waals surface area contributed by atoms with Crippen molar-refractivity contribution in [2.45, 2.75) is 19.3 Å². The van der Waals surface area contributed by atoms with E-state index in [0.29, 0.717) is 5.89 Å². The van der Waals surface area contributed by atoms with Gasteiger partial charge in [0.15, 0.2) is 5.58 Å². The Morgan fingerprint density at radius 2 is 1.67 bits per heavy atom. The maximum atomic E-state index is 6.36. The zero-order valence-electron chi connectivity index (χ0n) is 17.2. The van der Waals surface area contributed by atoms with Crippen LogP contribution < -0.4 is 4.90 Å². The van der Waals surface area contributed by atoms with Crippen LogP contribution in [0.1, 0.15) is 25.3 Å². The SMILES string of the molecule is CC1(C)C(c2nc3c(cc(N4CCOCC4)c4ccccc43)o2)=Nc2ccccc21. The summed E-state index contributed by atoms with van der Waals surface area (Å²) in [7, 11) is 0. The number of nitrogens with zero attached hydrogens (tertiary/aromatic N) is 3. The van der Waals surface area contributed by atoms with E-state index in [1.165, 1.54) is 16.6 Å². The molecule has 150 valence electrons. The smallest absolute Gasteiger partial charge is 0.242 e. The number of morpholine rings is 1. The summed E-state index contributed by atoms with van der Waals surface area (Å²) in [4.78, 5) is 12.2. The summed E-state index contributed by atoms with van der Waals surface area (Å²) in [6.07, 6.45) is 0. The van der Waals surface area contributed by atoms with Crippen molar-refractivity contribution in [2.75, 3.05) is 31.2 Å². The number of benzene rings is 3. The fourth-order valence-corrected chi connectivity index (χ4v) is 4.71. The summed E-state index contributed by atoms with van der Waals surface area (Å²) in [6.45, 7) is 7.62. The van der Waals surface area contributed by atoms with Gasteiger partial charge in [-0.3, -0.25) is 0 Å². The van der Waals surface area contributed by atoms with Crippen LogP contribution in [0.2, 0.25) is 0 Å². The van der Waals surface area contributed by atoms with Crippen LogP contribution in [0.5, 0.6) is 0 Å². The molecule has 0 radical (unpaired) electrons. The lowest BCUT2D eigenvalue weighted by Gasteiger charge is -2.29. The number of rotatable bonds is 2. The van der Waals surface area contributed by atoms with Crippen molar-refractivity contribution in [1.29, 1.82) is 0 Å². The second-order valence-corrected chi connectivity index (χ2v) is 8.51. The van der Waals surface area contributed by atoms with E-state index in [1.54, 1.807) is 0 Å². The molecule has 1 aromatic heterocycles. The average molecular weight is 397 g/mol. The van der Waals surface area contributed by atoms with E-state index in [0.717, 1.165) is 54.2 Å². The first-order valence-electron chi connectivity index (χ1n) is 10.5. The molecule has 5 heteroatoms. The van der Waals surface area contributed by atoms with Gasteiger partial charge in [0.25, 0.3) is 0 Å². The van der Waals surface area contributed by atoms with E-state index in [4.69, 9.17) is 19.1 Å². The molecule has 0 amide bonds. The summed E-state index contributed by atoms with van der Waals surface area (Å²) in [5.74, 6) is 0.607. The summed E-state index contributed by atoms with van der Waals surface area (Å²) in [6, 6.07) is 18.9. The van der Waals surface area contributed by atoms with Crippen LogP contribution in [-0.4, -0.2) is 37.0 Å². The number of oxazole rings is 1. The Morgan fingerprint density at radius 3 is 2.47 bits per heavy atom. The first-order valence-corrected chi connectivity index (χ1v) is 10.5. The molecule has 2 aliphatic heterocycles. The van der Waals surface area contributed by atoms with Crippen LogP contribution in [0.3, 0.4) is 0 Å². The molecule has 3 heterocycles. The lowest BCUT2D eigenvalue weighted by Crippen LogP contribution is -2.36. The highest BCUT2D eigenvalue weighted by Gasteiger charge is 2.38. The van der Waals surface area contributed by atoms with Crippen molar-refractivity contribution < 1.29 is 9.15 Å². The topological polar surface area (TPSA) is 50.9 Å². The normalized spacial score (nSPS) is 18.1. The quantitative estimate of drug-likeness (QED) is 0.465. The Balaban J connectivity index is 1.55. The van der Waals surface area contributed by atoms with Crippen molar-refractivity contribution in [1.82, 2.24) is 4.98 Å². The predicted molar refractivity (Wildman–Crippen MR) is 120 cm³/mol. The van der Waals surface area contributed by atoms with Crippen LogP contribution in [0.25, 0.3) is 21.9 Å². The average Bonchev–Trinajstić information content (AvgIpc) is 3.32. The van der Waals surface area contributed by atoms with E-state index in [-0.39, 0.29) is 5.41 Å². The molecule has 0 spiro atoms. The molecular formula is C25H23N3O2. The molecular weight excluding hydrogens is 374 g/mol. The van der Waals surface area contributed by atoms with Gasteiger partial charge in [0.05, 0.1) is 18.9 Å². The highest BCUT2D eigenvalue weighted by atomic mass is 16.5. The molecule has 4 aromatic rings. The van der Waals surface area contributed by atoms with Gasteiger partial charge >= 0.3 is 0 Å². The monoisotopic (exact) mass is 397 g/mol. The second kappa shape index (κ2) is 6.41. The van der Waals surface area contributed by atoms with Gasteiger partial charge in [0.2, 0.25) is 5.89 Å². The van der Waals surface area contributed by atoms with Crippen molar-refractivity contribution in [3.63, 3.8) is 0 Å². The van der Waals surface area contributed by atoms with Crippen molar-refractivity contribution in [3.8, 4) is 0 Å². The Kier molecular flexibility index (Phi) is 3.77. The van der Waals surface area contributed by atoms with E-state index in [9.17, 15) is 0 Å². The van der Waals surface area contributed by atoms with Crippen LogP contribution in [0.15, 0.2) is 64.0 Å². The zero-order valence-corrected chi connectivity index (χ0v) is 17.2. The summed E-state index contributed by atoms with van der Waals surface area (Å²) in [5, 5.41) is 2.31. The number of fused-ring (bicyclic) bond motifs is 4. The number of hydrogen-bond acceptors (Lipinski definition) is 5. The standard InChI is InChI=1S/C25H23N3O2/c1-25(2)18-9-5-6-10-19(18)26-23(25)24-27-22-17-8-4-3-7-16(17)20(15-21(22)30-24)28-11-13-29-14-12-28/h3-10,15H,11-14H2,1-2H3. The highest BCUT2D eigenvalue weighted by molar-refractivity contribution is 6.14. The van der Waals surface area contributed by atoms with Gasteiger partial charge in [-0.15, -0.1) is 0 Å². The maximum absolute atomic E-state index is 6.36. The number of anilines is 1. The van der Waals surface area contributed by atoms with Gasteiger partial charge in [0.1, 0.15) is 11.2 Å². The van der Waals surface area contributed by atoms with E-state index in [2.05, 4.69) is 67.3 Å². The molecule has 3 aromatic carbocycles. The Hall–Kier alpha value is -3.18. The number of para-hydroxylation sites is 1. The fraction of sp³-hybridized carbons (Fsp3) is 0.280. The first kappa shape index (κ1) is 17.7. The minimum absolute atomic E-state index is 0.250. The molecule has 0 saturated carbocycles. The van der Waals surface area contributed by atoms with Gasteiger partial charge in [-0.1, -0.05) is 42.5 Å². The first-order chi connectivity index (χ1) is 14.6. The van der Waals surface area contributed by atoms with Gasteiger partial charge < -0.3 is 14.1 Å². The molecule has 0 N–H and O–H groups in total. The zero-order chi connectivity index (χ0) is 20.3. The van der Waals surface area contributed by atoms with Crippen LogP contribution in [0.4, 0.5) is 11.4 Å². The Morgan fingerprint density at radius 1 is 0.933 bits per heavy atom. The summed E-state index contributed by atoms with van der Waals surface area (Å²) >= 11 is 0. The third-order valence-corrected chi connectivity index (χ3v) is 6.34. The Bertz CT molecular complexity index is 1310. The fourth-order valence-electron chi connectivity index (χ4n) is 4.71. The molecule has 1 saturated heterocycles. The van der Waals surface area contributed by atoms with Gasteiger partial charge in [-0.25, -0.2) is 9.98 Å². The summed E-state index contributed by atoms with van der Waals surface area (Å²) < 4.78 is 11.9. The van der Waals surface area contributed by atoms with Crippen LogP contribution >= 0.6 is 0 Å². The lowest BCUT2D eigenvalue weighted by molar-refractivity contribution is 0.123. The molecule has 0 unspecified atom stereocenters. The predicted octanol–water partition coefficient (Wildman–Crippen LogP) is 5.23. The van der Waals surface area contributed by atoms with Crippen molar-refractivity contribution >= 4 is 39.0 Å². The highest BCUT2D eigenvalue weighted by Crippen LogP contribution is 2.43. The largest absolute Gasteiger partial charge is 0.435 e. The number of aliphatic imine (C=N–C) groups is 1. The number of aromatic nitrogens is 1. The maximum Gasteiger partial charge on any atom is 0.242 e.